The molecular formula is C24H33ClF12O6. The number of hydrogen-bond donors (Lipinski definition) is 3. The molecule has 19 heteroatoms. The third-order valence-electron chi connectivity index (χ3n) is 4.39. The predicted octanol–water partition coefficient (Wildman–Crippen LogP) is 6.55. The Hall–Kier alpha value is -2.05. The number of alkyl halides is 12. The first kappa shape index (κ1) is 45.4. The minimum Gasteiger partial charge on any atom is -0.462 e. The monoisotopic (exact) mass is 680 g/mol. The van der Waals surface area contributed by atoms with Gasteiger partial charge < -0.3 is 20.1 Å². The third kappa shape index (κ3) is 26.1. The molecule has 0 saturated heterocycles. The molecule has 0 aliphatic rings. The van der Waals surface area contributed by atoms with Crippen molar-refractivity contribution in [3.05, 3.63) is 24.3 Å². The lowest BCUT2D eigenvalue weighted by Gasteiger charge is -2.25. The summed E-state index contributed by atoms with van der Waals surface area (Å²) in [5.41, 5.74) is 0.336. The van der Waals surface area contributed by atoms with Crippen LogP contribution in [0.5, 0.6) is 0 Å². The molecule has 0 amide bonds. The maximum atomic E-state index is 13.2. The molecule has 0 saturated carbocycles. The van der Waals surface area contributed by atoms with Crippen LogP contribution in [0.1, 0.15) is 52.4 Å². The topological polar surface area (TPSA) is 104 Å². The Bertz CT molecular complexity index is 886. The molecule has 0 spiro atoms. The minimum atomic E-state index is -4.37. The zero-order valence-corrected chi connectivity index (χ0v) is 23.7. The number of carbonyl (C=O) groups is 2. The van der Waals surface area contributed by atoms with E-state index >= 15 is 0 Å². The van der Waals surface area contributed by atoms with Gasteiger partial charge in [-0.2, -0.15) is 0 Å². The van der Waals surface area contributed by atoms with E-state index in [4.69, 9.17) is 26.9 Å². The fraction of sp³-hybridized carbons (Fsp3) is 0.750. The van der Waals surface area contributed by atoms with Crippen LogP contribution in [0, 0.1) is 0 Å². The van der Waals surface area contributed by atoms with E-state index in [9.17, 15) is 62.3 Å². The number of aliphatic hydroxyl groups excluding tert-OH is 3. The molecule has 43 heavy (non-hydrogen) atoms. The van der Waals surface area contributed by atoms with Gasteiger partial charge >= 0.3 is 5.97 Å². The normalized spacial score (nSPS) is 12.8. The highest BCUT2D eigenvalue weighted by Crippen LogP contribution is 2.40. The molecule has 0 fully saturated rings. The van der Waals surface area contributed by atoms with E-state index in [0.717, 1.165) is 0 Å². The second kappa shape index (κ2) is 18.7. The van der Waals surface area contributed by atoms with Crippen LogP contribution in [0.15, 0.2) is 24.3 Å². The van der Waals surface area contributed by atoms with Gasteiger partial charge in [-0.3, -0.25) is 4.79 Å². The molecule has 0 radical (unpaired) electrons. The van der Waals surface area contributed by atoms with Crippen molar-refractivity contribution >= 4 is 22.8 Å². The molecule has 0 unspecified atom stereocenters. The van der Waals surface area contributed by atoms with Crippen molar-refractivity contribution in [1.29, 1.82) is 0 Å². The number of allylic oxidation sites excluding steroid dienone is 1. The Balaban J connectivity index is -0.000000640. The molecule has 0 rings (SSSR count). The Morgan fingerprint density at radius 1 is 0.605 bits per heavy atom. The van der Waals surface area contributed by atoms with E-state index in [1.165, 1.54) is 6.92 Å². The molecular weight excluding hydrogens is 648 g/mol. The zero-order valence-electron chi connectivity index (χ0n) is 23.0. The molecule has 0 bridgehead atoms. The molecule has 256 valence electrons. The highest BCUT2D eigenvalue weighted by atomic mass is 35.5. The van der Waals surface area contributed by atoms with Crippen molar-refractivity contribution in [2.45, 2.75) is 87.9 Å². The van der Waals surface area contributed by atoms with Gasteiger partial charge in [-0.15, -0.1) is 0 Å². The number of aliphatic hydroxyl groups is 3. The van der Waals surface area contributed by atoms with Crippen molar-refractivity contribution < 1.29 is 82.3 Å². The Morgan fingerprint density at radius 2 is 0.907 bits per heavy atom. The van der Waals surface area contributed by atoms with E-state index in [0.29, 0.717) is 5.57 Å². The summed E-state index contributed by atoms with van der Waals surface area (Å²) in [5.74, 6) is -25.8. The fourth-order valence-corrected chi connectivity index (χ4v) is 2.51. The maximum absolute atomic E-state index is 13.2. The van der Waals surface area contributed by atoms with Crippen LogP contribution >= 0.6 is 11.6 Å². The van der Waals surface area contributed by atoms with Gasteiger partial charge in [0.2, 0.25) is 5.24 Å². The van der Waals surface area contributed by atoms with Gasteiger partial charge in [0.15, 0.2) is 0 Å². The number of rotatable bonds is 17. The lowest BCUT2D eigenvalue weighted by Crippen LogP contribution is -2.37. The van der Waals surface area contributed by atoms with Gasteiger partial charge in [-0.25, -0.2) is 57.5 Å². The zero-order chi connectivity index (χ0) is 35.1. The summed E-state index contributed by atoms with van der Waals surface area (Å²) in [6.07, 6.45) is -11.0. The van der Waals surface area contributed by atoms with Gasteiger partial charge in [0.25, 0.3) is 35.5 Å². The van der Waals surface area contributed by atoms with E-state index in [2.05, 4.69) is 17.9 Å². The van der Waals surface area contributed by atoms with Crippen molar-refractivity contribution in [2.75, 3.05) is 26.4 Å². The van der Waals surface area contributed by atoms with Crippen LogP contribution in [-0.4, -0.2) is 88.5 Å². The SMILES string of the molecule is C=C(C)C(=O)Cl.C=C(C)C(=O)OCCC(F)(F)CC(F)(F)CC(F)(F)CO.OCCC(F)(F)CC(F)(F)CC(F)(F)CO. The summed E-state index contributed by atoms with van der Waals surface area (Å²) in [5, 5.41) is 23.9. The van der Waals surface area contributed by atoms with Crippen LogP contribution in [0.25, 0.3) is 0 Å². The number of hydrogen-bond acceptors (Lipinski definition) is 6. The van der Waals surface area contributed by atoms with Gasteiger partial charge in [-0.05, 0) is 25.4 Å². The smallest absolute Gasteiger partial charge is 0.333 e. The lowest BCUT2D eigenvalue weighted by molar-refractivity contribution is -0.172. The standard InChI is InChI=1S/C12H16F6O3.C8H12F6O2.C4H5ClO/c1-8(2)9(20)21-4-3-10(13,14)5-11(15,16)6-12(17,18)7-19;9-6(10,1-2-15)3-7(11,12)4-8(13,14)5-16;1-3(2)4(5)6/h19H,1,3-7H2,2H3;15-16H,1-5H2;1H2,2H3. The van der Waals surface area contributed by atoms with Crippen molar-refractivity contribution in [1.82, 2.24) is 0 Å². The Kier molecular flexibility index (Phi) is 19.7. The molecule has 0 heterocycles. The van der Waals surface area contributed by atoms with Gasteiger partial charge in [0, 0.05) is 30.6 Å². The third-order valence-corrected chi connectivity index (χ3v) is 4.72. The first-order valence-electron chi connectivity index (χ1n) is 11.8. The van der Waals surface area contributed by atoms with Crippen LogP contribution in [0.3, 0.4) is 0 Å². The van der Waals surface area contributed by atoms with Crippen LogP contribution in [0.4, 0.5) is 52.7 Å². The van der Waals surface area contributed by atoms with Crippen LogP contribution < -0.4 is 0 Å². The van der Waals surface area contributed by atoms with Crippen molar-refractivity contribution in [3.8, 4) is 0 Å². The fourth-order valence-electron chi connectivity index (χ4n) is 2.51. The molecule has 3 N–H and O–H groups in total. The maximum Gasteiger partial charge on any atom is 0.333 e. The number of ether oxygens (including phenoxy) is 1. The molecule has 0 aromatic heterocycles. The molecule has 0 atom stereocenters. The number of halogens is 13. The first-order chi connectivity index (χ1) is 19.0. The van der Waals surface area contributed by atoms with E-state index in [1.807, 2.05) is 0 Å². The average Bonchev–Trinajstić information content (AvgIpc) is 2.76. The minimum absolute atomic E-state index is 0.0498. The molecule has 0 aromatic rings. The molecule has 0 aliphatic carbocycles. The second-order valence-electron chi connectivity index (χ2n) is 9.35. The predicted molar refractivity (Wildman–Crippen MR) is 130 cm³/mol. The Labute approximate surface area is 244 Å². The van der Waals surface area contributed by atoms with Crippen LogP contribution in [0.2, 0.25) is 0 Å². The number of esters is 1. The lowest BCUT2D eigenvalue weighted by atomic mass is 10.0. The summed E-state index contributed by atoms with van der Waals surface area (Å²) in [6, 6.07) is 0. The van der Waals surface area contributed by atoms with E-state index in [1.54, 1.807) is 6.92 Å². The summed E-state index contributed by atoms with van der Waals surface area (Å²) in [4.78, 5) is 20.7. The highest BCUT2D eigenvalue weighted by Gasteiger charge is 2.50. The van der Waals surface area contributed by atoms with Crippen molar-refractivity contribution in [3.63, 3.8) is 0 Å². The molecule has 6 nitrogen and oxygen atoms in total. The van der Waals surface area contributed by atoms with Gasteiger partial charge in [0.05, 0.1) is 32.3 Å². The van der Waals surface area contributed by atoms with Crippen molar-refractivity contribution in [2.24, 2.45) is 0 Å². The van der Waals surface area contributed by atoms with E-state index < -0.39 is 112 Å². The average molecular weight is 681 g/mol. The van der Waals surface area contributed by atoms with E-state index in [-0.39, 0.29) is 5.57 Å². The van der Waals surface area contributed by atoms with Crippen LogP contribution in [-0.2, 0) is 14.3 Å². The Morgan fingerprint density at radius 3 is 1.16 bits per heavy atom. The van der Waals surface area contributed by atoms with Gasteiger partial charge in [0.1, 0.15) is 13.2 Å². The highest BCUT2D eigenvalue weighted by molar-refractivity contribution is 6.67. The number of carbonyl (C=O) groups excluding carboxylic acids is 2. The second-order valence-corrected chi connectivity index (χ2v) is 9.70. The largest absolute Gasteiger partial charge is 0.462 e. The summed E-state index contributed by atoms with van der Waals surface area (Å²) < 4.78 is 158. The molecule has 0 aromatic carbocycles. The first-order valence-corrected chi connectivity index (χ1v) is 12.1. The summed E-state index contributed by atoms with van der Waals surface area (Å²) in [6.45, 7) is 3.76. The summed E-state index contributed by atoms with van der Waals surface area (Å²) in [7, 11) is 0. The quantitative estimate of drug-likeness (QED) is 0.0697. The summed E-state index contributed by atoms with van der Waals surface area (Å²) >= 11 is 4.87. The molecule has 0 aliphatic heterocycles. The van der Waals surface area contributed by atoms with Gasteiger partial charge in [-0.1, -0.05) is 13.2 Å².